The number of hydrogen-bond donors (Lipinski definition) is 1. The number of para-hydroxylation sites is 2. The monoisotopic (exact) mass is 249 g/mol. The highest BCUT2D eigenvalue weighted by Crippen LogP contribution is 2.19. The molecular formula is C13H19N3O2. The summed E-state index contributed by atoms with van der Waals surface area (Å²) in [5, 5.41) is 1.48. The van der Waals surface area contributed by atoms with Crippen molar-refractivity contribution in [2.24, 2.45) is 5.84 Å². The molecule has 0 spiro atoms. The Morgan fingerprint density at radius 2 is 2.17 bits per heavy atom. The van der Waals surface area contributed by atoms with Crippen molar-refractivity contribution < 1.29 is 9.15 Å². The van der Waals surface area contributed by atoms with Crippen LogP contribution in [0, 0.1) is 0 Å². The van der Waals surface area contributed by atoms with Crippen LogP contribution in [0.25, 0.3) is 11.1 Å². The number of fused-ring (bicyclic) bond motifs is 1. The zero-order chi connectivity index (χ0) is 12.8. The van der Waals surface area contributed by atoms with E-state index < -0.39 is 0 Å². The van der Waals surface area contributed by atoms with Crippen molar-refractivity contribution in [3.8, 4) is 0 Å². The molecule has 18 heavy (non-hydrogen) atoms. The summed E-state index contributed by atoms with van der Waals surface area (Å²) in [4.78, 5) is 4.31. The van der Waals surface area contributed by atoms with Crippen molar-refractivity contribution in [2.75, 3.05) is 24.8 Å². The molecule has 0 aliphatic heterocycles. The van der Waals surface area contributed by atoms with Gasteiger partial charge in [-0.25, -0.2) is 5.84 Å². The van der Waals surface area contributed by atoms with E-state index in [1.807, 2.05) is 24.3 Å². The van der Waals surface area contributed by atoms with Crippen molar-refractivity contribution in [1.29, 1.82) is 0 Å². The van der Waals surface area contributed by atoms with E-state index in [1.165, 1.54) is 5.01 Å². The summed E-state index contributed by atoms with van der Waals surface area (Å²) in [6.45, 7) is 4.06. The van der Waals surface area contributed by atoms with Gasteiger partial charge in [0, 0.05) is 6.61 Å². The number of unbranched alkanes of at least 4 members (excludes halogenated alkanes) is 1. The summed E-state index contributed by atoms with van der Waals surface area (Å²) in [5.41, 5.74) is 1.56. The fraction of sp³-hybridized carbons (Fsp3) is 0.462. The lowest BCUT2D eigenvalue weighted by molar-refractivity contribution is 0.136. The maximum absolute atomic E-state index is 5.87. The number of hydrogen-bond acceptors (Lipinski definition) is 5. The first-order valence-electron chi connectivity index (χ1n) is 6.27. The zero-order valence-electron chi connectivity index (χ0n) is 10.6. The van der Waals surface area contributed by atoms with Gasteiger partial charge >= 0.3 is 6.01 Å². The van der Waals surface area contributed by atoms with Gasteiger partial charge in [0.1, 0.15) is 5.52 Å². The van der Waals surface area contributed by atoms with E-state index in [-0.39, 0.29) is 0 Å². The minimum absolute atomic E-state index is 0.426. The van der Waals surface area contributed by atoms with Gasteiger partial charge in [0.2, 0.25) is 0 Å². The Kier molecular flexibility index (Phi) is 4.55. The molecule has 0 bridgehead atoms. The van der Waals surface area contributed by atoms with Crippen LogP contribution in [0.15, 0.2) is 28.7 Å². The predicted molar refractivity (Wildman–Crippen MR) is 71.3 cm³/mol. The number of nitrogens with two attached hydrogens (primary N) is 1. The lowest BCUT2D eigenvalue weighted by Crippen LogP contribution is -2.34. The summed E-state index contributed by atoms with van der Waals surface area (Å²) in [6, 6.07) is 8.02. The first kappa shape index (κ1) is 12.9. The lowest BCUT2D eigenvalue weighted by Gasteiger charge is -2.13. The smallest absolute Gasteiger partial charge is 0.313 e. The lowest BCUT2D eigenvalue weighted by atomic mass is 10.3. The Bertz CT molecular complexity index is 451. The van der Waals surface area contributed by atoms with Crippen LogP contribution in [-0.2, 0) is 4.74 Å². The second kappa shape index (κ2) is 6.37. The summed E-state index contributed by atoms with van der Waals surface area (Å²) >= 11 is 0. The summed E-state index contributed by atoms with van der Waals surface area (Å²) < 4.78 is 11.0. The highest BCUT2D eigenvalue weighted by Gasteiger charge is 2.09. The fourth-order valence-electron chi connectivity index (χ4n) is 1.59. The highest BCUT2D eigenvalue weighted by atomic mass is 16.5. The van der Waals surface area contributed by atoms with Crippen LogP contribution in [0.5, 0.6) is 0 Å². The summed E-state index contributed by atoms with van der Waals surface area (Å²) in [7, 11) is 0. The standard InChI is InChI=1S/C13H19N3O2/c1-2-3-9-17-10-8-16(14)13-15-11-6-4-5-7-12(11)18-13/h4-7H,2-3,8-10,14H2,1H3. The van der Waals surface area contributed by atoms with E-state index in [0.29, 0.717) is 19.2 Å². The quantitative estimate of drug-likeness (QED) is 0.463. The van der Waals surface area contributed by atoms with Crippen molar-refractivity contribution in [1.82, 2.24) is 4.98 Å². The second-order valence-corrected chi connectivity index (χ2v) is 4.12. The van der Waals surface area contributed by atoms with Gasteiger partial charge in [-0.2, -0.15) is 4.98 Å². The summed E-state index contributed by atoms with van der Waals surface area (Å²) in [5.74, 6) is 5.87. The Balaban J connectivity index is 1.86. The topological polar surface area (TPSA) is 64.5 Å². The maximum Gasteiger partial charge on any atom is 0.313 e. The molecule has 0 amide bonds. The first-order chi connectivity index (χ1) is 8.81. The molecule has 0 aliphatic rings. The molecule has 2 N–H and O–H groups in total. The zero-order valence-corrected chi connectivity index (χ0v) is 10.6. The van der Waals surface area contributed by atoms with E-state index in [1.54, 1.807) is 0 Å². The van der Waals surface area contributed by atoms with E-state index in [4.69, 9.17) is 15.0 Å². The molecule has 0 atom stereocenters. The Morgan fingerprint density at radius 1 is 1.33 bits per heavy atom. The normalized spacial score (nSPS) is 11.0. The summed E-state index contributed by atoms with van der Waals surface area (Å²) in [6.07, 6.45) is 2.21. The molecule has 0 unspecified atom stereocenters. The van der Waals surface area contributed by atoms with Crippen molar-refractivity contribution in [3.05, 3.63) is 24.3 Å². The number of anilines is 1. The Hall–Kier alpha value is -1.59. The van der Waals surface area contributed by atoms with E-state index in [9.17, 15) is 0 Å². The molecule has 2 aromatic rings. The molecule has 5 nitrogen and oxygen atoms in total. The third-order valence-corrected chi connectivity index (χ3v) is 2.65. The molecule has 1 aromatic heterocycles. The van der Waals surface area contributed by atoms with Crippen LogP contribution in [0.2, 0.25) is 0 Å². The van der Waals surface area contributed by atoms with Gasteiger partial charge in [-0.15, -0.1) is 0 Å². The minimum Gasteiger partial charge on any atom is -0.422 e. The second-order valence-electron chi connectivity index (χ2n) is 4.12. The van der Waals surface area contributed by atoms with Crippen LogP contribution < -0.4 is 10.9 Å². The van der Waals surface area contributed by atoms with Gasteiger partial charge in [-0.1, -0.05) is 25.5 Å². The van der Waals surface area contributed by atoms with Gasteiger partial charge in [0.15, 0.2) is 5.58 Å². The largest absolute Gasteiger partial charge is 0.422 e. The van der Waals surface area contributed by atoms with Gasteiger partial charge in [0.25, 0.3) is 0 Å². The third kappa shape index (κ3) is 3.21. The number of benzene rings is 1. The number of rotatable bonds is 7. The molecule has 2 rings (SSSR count). The maximum atomic E-state index is 5.87. The molecular weight excluding hydrogens is 230 g/mol. The van der Waals surface area contributed by atoms with Gasteiger partial charge in [-0.05, 0) is 18.6 Å². The SMILES string of the molecule is CCCCOCCN(N)c1nc2ccccc2o1. The number of aromatic nitrogens is 1. The van der Waals surface area contributed by atoms with Crippen molar-refractivity contribution >= 4 is 17.1 Å². The van der Waals surface area contributed by atoms with Crippen molar-refractivity contribution in [3.63, 3.8) is 0 Å². The molecule has 5 heteroatoms. The van der Waals surface area contributed by atoms with Crippen LogP contribution in [0.4, 0.5) is 6.01 Å². The molecule has 0 saturated carbocycles. The Labute approximate surface area is 107 Å². The molecule has 0 radical (unpaired) electrons. The van der Waals surface area contributed by atoms with E-state index >= 15 is 0 Å². The van der Waals surface area contributed by atoms with Crippen LogP contribution >= 0.6 is 0 Å². The molecule has 1 heterocycles. The first-order valence-corrected chi connectivity index (χ1v) is 6.27. The van der Waals surface area contributed by atoms with Crippen LogP contribution in [0.1, 0.15) is 19.8 Å². The predicted octanol–water partition coefficient (Wildman–Crippen LogP) is 2.32. The van der Waals surface area contributed by atoms with Crippen LogP contribution in [-0.4, -0.2) is 24.7 Å². The highest BCUT2D eigenvalue weighted by molar-refractivity contribution is 5.74. The van der Waals surface area contributed by atoms with E-state index in [2.05, 4.69) is 11.9 Å². The fourth-order valence-corrected chi connectivity index (χ4v) is 1.59. The average molecular weight is 249 g/mol. The van der Waals surface area contributed by atoms with Crippen LogP contribution in [0.3, 0.4) is 0 Å². The Morgan fingerprint density at radius 3 is 2.94 bits per heavy atom. The number of nitrogens with zero attached hydrogens (tertiary/aromatic N) is 2. The van der Waals surface area contributed by atoms with E-state index in [0.717, 1.165) is 30.5 Å². The third-order valence-electron chi connectivity index (χ3n) is 2.65. The molecule has 98 valence electrons. The average Bonchev–Trinajstić information content (AvgIpc) is 2.82. The molecule has 1 aromatic carbocycles. The number of oxazole rings is 1. The number of hydrazine groups is 1. The molecule has 0 saturated heterocycles. The van der Waals surface area contributed by atoms with Crippen molar-refractivity contribution in [2.45, 2.75) is 19.8 Å². The van der Waals surface area contributed by atoms with Gasteiger partial charge in [0.05, 0.1) is 13.2 Å². The number of ether oxygens (including phenoxy) is 1. The van der Waals surface area contributed by atoms with Gasteiger partial charge < -0.3 is 9.15 Å². The van der Waals surface area contributed by atoms with Gasteiger partial charge in [-0.3, -0.25) is 5.01 Å². The molecule has 0 aliphatic carbocycles. The molecule has 0 fully saturated rings. The minimum atomic E-state index is 0.426.